The van der Waals surface area contributed by atoms with Crippen LogP contribution in [0.2, 0.25) is 0 Å². The maximum Gasteiger partial charge on any atom is 0.337 e. The number of cyclic esters (lactones) is 1. The molecule has 1 N–H and O–H groups in total. The fourth-order valence-corrected chi connectivity index (χ4v) is 3.00. The number of allylic oxidation sites excluding steroid dienone is 1. The van der Waals surface area contributed by atoms with Gasteiger partial charge in [-0.2, -0.15) is 0 Å². The molecule has 0 radical (unpaired) electrons. The number of dihydropyridines is 1. The number of ether oxygens (including phenoxy) is 2. The van der Waals surface area contributed by atoms with Crippen LogP contribution < -0.4 is 5.32 Å². The summed E-state index contributed by atoms with van der Waals surface area (Å²) in [5.74, 6) is -1.16. The van der Waals surface area contributed by atoms with Crippen LogP contribution in [-0.2, 0) is 19.1 Å². The van der Waals surface area contributed by atoms with E-state index >= 15 is 0 Å². The molecule has 6 heteroatoms. The van der Waals surface area contributed by atoms with Gasteiger partial charge in [-0.25, -0.2) is 9.59 Å². The molecule has 1 aromatic rings. The zero-order chi connectivity index (χ0) is 16.4. The van der Waals surface area contributed by atoms with Crippen molar-refractivity contribution >= 4 is 23.5 Å². The molecular weight excluding hydrogens is 318 g/mol. The van der Waals surface area contributed by atoms with E-state index < -0.39 is 17.9 Å². The van der Waals surface area contributed by atoms with Crippen LogP contribution in [0, 0.1) is 0 Å². The summed E-state index contributed by atoms with van der Waals surface area (Å²) in [6, 6.07) is 9.39. The molecule has 23 heavy (non-hydrogen) atoms. The van der Waals surface area contributed by atoms with Crippen molar-refractivity contribution in [3.05, 3.63) is 58.4 Å². The van der Waals surface area contributed by atoms with Gasteiger partial charge >= 0.3 is 11.9 Å². The van der Waals surface area contributed by atoms with Crippen LogP contribution in [0.15, 0.2) is 52.9 Å². The lowest BCUT2D eigenvalue weighted by molar-refractivity contribution is -0.138. The van der Waals surface area contributed by atoms with Gasteiger partial charge < -0.3 is 14.8 Å². The summed E-state index contributed by atoms with van der Waals surface area (Å²) in [6.45, 7) is 2.10. The molecule has 2 heterocycles. The molecule has 1 unspecified atom stereocenters. The number of esters is 2. The predicted octanol–water partition coefficient (Wildman–Crippen LogP) is 2.24. The van der Waals surface area contributed by atoms with Crippen LogP contribution in [0.25, 0.3) is 0 Å². The second-order valence-electron chi connectivity index (χ2n) is 5.30. The standard InChI is InChI=1S/C17H16ClNO4/c1-10-13(16(20)22-8-7-18)14(11-5-3-2-4-6-11)15-12(19-10)9-23-17(15)21/h2-6,14,19H,7-9H2,1H3. The minimum absolute atomic E-state index is 0.120. The maximum atomic E-state index is 12.5. The molecule has 0 saturated carbocycles. The maximum absolute atomic E-state index is 12.5. The van der Waals surface area contributed by atoms with Crippen molar-refractivity contribution < 1.29 is 19.1 Å². The molecule has 3 rings (SSSR count). The summed E-state index contributed by atoms with van der Waals surface area (Å²) in [4.78, 5) is 24.7. The molecule has 0 amide bonds. The van der Waals surface area contributed by atoms with Crippen molar-refractivity contribution in [1.29, 1.82) is 0 Å². The van der Waals surface area contributed by atoms with Crippen molar-refractivity contribution in [2.75, 3.05) is 19.1 Å². The Morgan fingerprint density at radius 1 is 1.39 bits per heavy atom. The van der Waals surface area contributed by atoms with Crippen molar-refractivity contribution in [2.45, 2.75) is 12.8 Å². The number of hydrogen-bond acceptors (Lipinski definition) is 5. The average Bonchev–Trinajstić information content (AvgIpc) is 2.93. The number of carbonyl (C=O) groups excluding carboxylic acids is 2. The fraction of sp³-hybridized carbons (Fsp3) is 0.294. The lowest BCUT2D eigenvalue weighted by Gasteiger charge is -2.27. The lowest BCUT2D eigenvalue weighted by atomic mass is 9.81. The Balaban J connectivity index is 2.07. The Bertz CT molecular complexity index is 709. The summed E-state index contributed by atoms with van der Waals surface area (Å²) in [5, 5.41) is 3.10. The van der Waals surface area contributed by atoms with Gasteiger partial charge in [0.1, 0.15) is 13.2 Å². The molecule has 2 aliphatic rings. The summed E-state index contributed by atoms with van der Waals surface area (Å²) >= 11 is 5.59. The number of rotatable bonds is 4. The first kappa shape index (κ1) is 15.6. The third-order valence-electron chi connectivity index (χ3n) is 3.88. The van der Waals surface area contributed by atoms with Crippen LogP contribution in [0.4, 0.5) is 0 Å². The zero-order valence-corrected chi connectivity index (χ0v) is 13.4. The van der Waals surface area contributed by atoms with Gasteiger partial charge in [-0.05, 0) is 12.5 Å². The van der Waals surface area contributed by atoms with Crippen LogP contribution in [-0.4, -0.2) is 31.0 Å². The third kappa shape index (κ3) is 2.84. The minimum atomic E-state index is -0.495. The molecule has 0 spiro atoms. The van der Waals surface area contributed by atoms with Crippen molar-refractivity contribution in [1.82, 2.24) is 5.32 Å². The largest absolute Gasteiger partial charge is 0.461 e. The number of nitrogens with one attached hydrogen (secondary N) is 1. The van der Waals surface area contributed by atoms with E-state index in [-0.39, 0.29) is 19.1 Å². The summed E-state index contributed by atoms with van der Waals surface area (Å²) in [5.41, 5.74) is 3.10. The Morgan fingerprint density at radius 2 is 2.13 bits per heavy atom. The van der Waals surface area contributed by atoms with E-state index in [0.717, 1.165) is 5.56 Å². The van der Waals surface area contributed by atoms with Crippen LogP contribution in [0.5, 0.6) is 0 Å². The molecule has 0 saturated heterocycles. The minimum Gasteiger partial charge on any atom is -0.461 e. The Labute approximate surface area is 138 Å². The first-order chi connectivity index (χ1) is 11.1. The lowest BCUT2D eigenvalue weighted by Crippen LogP contribution is -2.30. The normalized spacial score (nSPS) is 20.1. The average molecular weight is 334 g/mol. The number of benzene rings is 1. The van der Waals surface area contributed by atoms with Gasteiger partial charge in [0.25, 0.3) is 0 Å². The number of carbonyl (C=O) groups is 2. The topological polar surface area (TPSA) is 64.6 Å². The first-order valence-electron chi connectivity index (χ1n) is 7.29. The van der Waals surface area contributed by atoms with E-state index in [1.54, 1.807) is 6.92 Å². The molecular formula is C17H16ClNO4. The summed E-state index contributed by atoms with van der Waals surface area (Å²) in [7, 11) is 0. The van der Waals surface area contributed by atoms with E-state index in [4.69, 9.17) is 21.1 Å². The highest BCUT2D eigenvalue weighted by atomic mass is 35.5. The zero-order valence-electron chi connectivity index (χ0n) is 12.6. The van der Waals surface area contributed by atoms with Gasteiger partial charge in [0.2, 0.25) is 0 Å². The second kappa shape index (κ2) is 6.46. The molecule has 2 aliphatic heterocycles. The van der Waals surface area contributed by atoms with Crippen LogP contribution >= 0.6 is 11.6 Å². The predicted molar refractivity (Wildman–Crippen MR) is 84.7 cm³/mol. The third-order valence-corrected chi connectivity index (χ3v) is 4.03. The van der Waals surface area contributed by atoms with E-state index in [2.05, 4.69) is 5.32 Å². The van der Waals surface area contributed by atoms with E-state index in [0.29, 0.717) is 22.5 Å². The molecule has 0 aliphatic carbocycles. The van der Waals surface area contributed by atoms with Crippen LogP contribution in [0.1, 0.15) is 18.4 Å². The Kier molecular flexibility index (Phi) is 4.39. The SMILES string of the molecule is CC1=C(C(=O)OCCCl)C(c2ccccc2)C2=C(COC2=O)N1. The fourth-order valence-electron chi connectivity index (χ4n) is 2.93. The van der Waals surface area contributed by atoms with Crippen LogP contribution in [0.3, 0.4) is 0 Å². The van der Waals surface area contributed by atoms with E-state index in [9.17, 15) is 9.59 Å². The monoisotopic (exact) mass is 333 g/mol. The van der Waals surface area contributed by atoms with E-state index in [1.165, 1.54) is 0 Å². The highest BCUT2D eigenvalue weighted by Crippen LogP contribution is 2.41. The highest BCUT2D eigenvalue weighted by molar-refractivity contribution is 6.18. The first-order valence-corrected chi connectivity index (χ1v) is 7.83. The molecule has 0 aromatic heterocycles. The van der Waals surface area contributed by atoms with Crippen molar-refractivity contribution in [3.63, 3.8) is 0 Å². The number of alkyl halides is 1. The van der Waals surface area contributed by atoms with Crippen molar-refractivity contribution in [3.8, 4) is 0 Å². The molecule has 120 valence electrons. The van der Waals surface area contributed by atoms with Gasteiger partial charge in [0.05, 0.1) is 28.6 Å². The van der Waals surface area contributed by atoms with Crippen molar-refractivity contribution in [2.24, 2.45) is 0 Å². The summed E-state index contributed by atoms with van der Waals surface area (Å²) < 4.78 is 10.3. The molecule has 1 aromatic carbocycles. The number of halogens is 1. The second-order valence-corrected chi connectivity index (χ2v) is 5.68. The van der Waals surface area contributed by atoms with Gasteiger partial charge in [0, 0.05) is 5.70 Å². The number of hydrogen-bond donors (Lipinski definition) is 1. The van der Waals surface area contributed by atoms with Gasteiger partial charge in [0.15, 0.2) is 0 Å². The quantitative estimate of drug-likeness (QED) is 0.676. The molecule has 1 atom stereocenters. The smallest absolute Gasteiger partial charge is 0.337 e. The van der Waals surface area contributed by atoms with Gasteiger partial charge in [-0.15, -0.1) is 11.6 Å². The van der Waals surface area contributed by atoms with E-state index in [1.807, 2.05) is 30.3 Å². The molecule has 0 fully saturated rings. The Hall–Kier alpha value is -2.27. The Morgan fingerprint density at radius 3 is 2.83 bits per heavy atom. The van der Waals surface area contributed by atoms with Gasteiger partial charge in [-0.1, -0.05) is 30.3 Å². The molecule has 5 nitrogen and oxygen atoms in total. The highest BCUT2D eigenvalue weighted by Gasteiger charge is 2.41. The van der Waals surface area contributed by atoms with Gasteiger partial charge in [-0.3, -0.25) is 0 Å². The molecule has 0 bridgehead atoms. The summed E-state index contributed by atoms with van der Waals surface area (Å²) in [6.07, 6.45) is 0.